The number of hydrogen-bond acceptors (Lipinski definition) is 1. The molecule has 0 spiro atoms. The first kappa shape index (κ1) is 21.2. The van der Waals surface area contributed by atoms with Crippen molar-refractivity contribution in [3.05, 3.63) is 139 Å². The van der Waals surface area contributed by atoms with E-state index in [1.807, 2.05) is 12.2 Å². The number of fused-ring (bicyclic) bond motifs is 3. The van der Waals surface area contributed by atoms with Crippen LogP contribution < -0.4 is 4.74 Å². The molecule has 1 unspecified atom stereocenters. The fraction of sp³-hybridized carbons (Fsp3) is 0.0588. The van der Waals surface area contributed by atoms with E-state index < -0.39 is 0 Å². The van der Waals surface area contributed by atoms with E-state index in [0.29, 0.717) is 5.76 Å². The Morgan fingerprint density at radius 2 is 1.23 bits per heavy atom. The van der Waals surface area contributed by atoms with Crippen LogP contribution in [-0.4, -0.2) is 0 Å². The molecule has 0 aliphatic carbocycles. The molecule has 1 atom stereocenters. The van der Waals surface area contributed by atoms with Crippen LogP contribution in [0.4, 0.5) is 0 Å². The summed E-state index contributed by atoms with van der Waals surface area (Å²) in [4.78, 5) is 0. The van der Waals surface area contributed by atoms with Crippen LogP contribution in [0.2, 0.25) is 0 Å². The van der Waals surface area contributed by atoms with Crippen molar-refractivity contribution < 1.29 is 4.74 Å². The summed E-state index contributed by atoms with van der Waals surface area (Å²) >= 11 is 0. The van der Waals surface area contributed by atoms with Gasteiger partial charge in [0.2, 0.25) is 0 Å². The fourth-order valence-electron chi connectivity index (χ4n) is 5.22. The summed E-state index contributed by atoms with van der Waals surface area (Å²) in [5.41, 5.74) is 5.93. The van der Waals surface area contributed by atoms with Crippen molar-refractivity contribution in [1.29, 1.82) is 0 Å². The fourth-order valence-corrected chi connectivity index (χ4v) is 5.22. The first-order valence-electron chi connectivity index (χ1n) is 12.1. The molecule has 1 aliphatic rings. The van der Waals surface area contributed by atoms with Crippen LogP contribution >= 0.6 is 0 Å². The lowest BCUT2D eigenvalue weighted by atomic mass is 9.84. The number of para-hydroxylation sites is 1. The van der Waals surface area contributed by atoms with Crippen molar-refractivity contribution in [2.45, 2.75) is 12.8 Å². The minimum atomic E-state index is 0.210. The molecule has 168 valence electrons. The van der Waals surface area contributed by atoms with Gasteiger partial charge in [0.1, 0.15) is 11.5 Å². The van der Waals surface area contributed by atoms with Crippen LogP contribution in [0.5, 0.6) is 5.75 Å². The molecule has 0 N–H and O–H groups in total. The highest BCUT2D eigenvalue weighted by Gasteiger charge is 2.22. The van der Waals surface area contributed by atoms with Gasteiger partial charge in [0.25, 0.3) is 0 Å². The molecule has 35 heavy (non-hydrogen) atoms. The van der Waals surface area contributed by atoms with E-state index in [9.17, 15) is 0 Å². The summed E-state index contributed by atoms with van der Waals surface area (Å²) in [6.07, 6.45) is 8.18. The zero-order valence-electron chi connectivity index (χ0n) is 19.7. The Labute approximate surface area is 206 Å². The normalized spacial score (nSPS) is 17.2. The summed E-state index contributed by atoms with van der Waals surface area (Å²) in [6, 6.07) is 34.6. The van der Waals surface area contributed by atoms with E-state index in [1.54, 1.807) is 0 Å². The lowest BCUT2D eigenvalue weighted by Gasteiger charge is -2.22. The Bertz CT molecular complexity index is 1580. The molecule has 0 fully saturated rings. The average Bonchev–Trinajstić information content (AvgIpc) is 2.97. The Hall–Kier alpha value is -4.36. The van der Waals surface area contributed by atoms with E-state index in [2.05, 4.69) is 123 Å². The summed E-state index contributed by atoms with van der Waals surface area (Å²) in [7, 11) is 0. The maximum Gasteiger partial charge on any atom is 0.139 e. The maximum absolute atomic E-state index is 6.46. The largest absolute Gasteiger partial charge is 0.457 e. The van der Waals surface area contributed by atoms with Gasteiger partial charge in [-0.2, -0.15) is 0 Å². The average molecular weight is 451 g/mol. The molecule has 5 aromatic rings. The predicted molar refractivity (Wildman–Crippen MR) is 149 cm³/mol. The van der Waals surface area contributed by atoms with Gasteiger partial charge in [-0.25, -0.2) is 0 Å². The molecule has 1 heteroatoms. The topological polar surface area (TPSA) is 9.23 Å². The second-order valence-electron chi connectivity index (χ2n) is 9.03. The standard InChI is InChI=1S/C34H26O/c1-23-13-6-7-14-24(2)35-34-26(23)21-12-22-31(34)33-29-19-10-8-17-27(29)32(25-15-4-3-5-16-25)28-18-9-11-20-30(28)33/h3-23H,2H2,1H3/b13-6-,14-7-. The Morgan fingerprint density at radius 3 is 1.89 bits per heavy atom. The van der Waals surface area contributed by atoms with E-state index in [1.165, 1.54) is 38.2 Å². The summed E-state index contributed by atoms with van der Waals surface area (Å²) in [5.74, 6) is 1.72. The van der Waals surface area contributed by atoms with Crippen molar-refractivity contribution in [2.24, 2.45) is 0 Å². The van der Waals surface area contributed by atoms with Crippen LogP contribution in [-0.2, 0) is 0 Å². The smallest absolute Gasteiger partial charge is 0.139 e. The third kappa shape index (κ3) is 3.66. The molecule has 1 nitrogen and oxygen atoms in total. The third-order valence-corrected chi connectivity index (χ3v) is 6.83. The van der Waals surface area contributed by atoms with Gasteiger partial charge in [-0.15, -0.1) is 0 Å². The zero-order valence-corrected chi connectivity index (χ0v) is 19.7. The first-order valence-corrected chi connectivity index (χ1v) is 12.1. The molecule has 1 aliphatic heterocycles. The molecule has 0 aromatic heterocycles. The SMILES string of the molecule is C=C1/C=C\C=C/C(C)c2cccc(-c3c4ccccc4c(-c4ccccc4)c4ccccc34)c2O1. The maximum atomic E-state index is 6.46. The Balaban J connectivity index is 1.75. The molecule has 0 amide bonds. The van der Waals surface area contributed by atoms with Gasteiger partial charge in [0.05, 0.1) is 0 Å². The van der Waals surface area contributed by atoms with Crippen molar-refractivity contribution in [3.63, 3.8) is 0 Å². The van der Waals surface area contributed by atoms with Gasteiger partial charge in [-0.05, 0) is 38.7 Å². The number of rotatable bonds is 2. The summed E-state index contributed by atoms with van der Waals surface area (Å²) in [5, 5.41) is 4.90. The highest BCUT2D eigenvalue weighted by atomic mass is 16.5. The van der Waals surface area contributed by atoms with Crippen molar-refractivity contribution in [1.82, 2.24) is 0 Å². The predicted octanol–water partition coefficient (Wildman–Crippen LogP) is 9.45. The molecule has 1 heterocycles. The summed E-state index contributed by atoms with van der Waals surface area (Å²) < 4.78 is 6.46. The number of benzene rings is 5. The van der Waals surface area contributed by atoms with Crippen molar-refractivity contribution in [2.75, 3.05) is 0 Å². The highest BCUT2D eigenvalue weighted by Crippen LogP contribution is 2.47. The first-order chi connectivity index (χ1) is 17.2. The minimum Gasteiger partial charge on any atom is -0.457 e. The molecule has 0 saturated carbocycles. The lowest BCUT2D eigenvalue weighted by molar-refractivity contribution is 0.442. The summed E-state index contributed by atoms with van der Waals surface area (Å²) in [6.45, 7) is 6.36. The molecular formula is C34H26O. The van der Waals surface area contributed by atoms with Crippen LogP contribution in [0.15, 0.2) is 134 Å². The van der Waals surface area contributed by atoms with Gasteiger partial charge in [-0.3, -0.25) is 0 Å². The molecule has 6 rings (SSSR count). The quantitative estimate of drug-likeness (QED) is 0.243. The van der Waals surface area contributed by atoms with Gasteiger partial charge in [0, 0.05) is 22.6 Å². The molecular weight excluding hydrogens is 424 g/mol. The second-order valence-corrected chi connectivity index (χ2v) is 9.03. The number of ether oxygens (including phenoxy) is 1. The van der Waals surface area contributed by atoms with Gasteiger partial charge in [-0.1, -0.05) is 129 Å². The van der Waals surface area contributed by atoms with Gasteiger partial charge >= 0.3 is 0 Å². The van der Waals surface area contributed by atoms with Crippen LogP contribution in [0, 0.1) is 0 Å². The second kappa shape index (κ2) is 8.77. The van der Waals surface area contributed by atoms with E-state index in [4.69, 9.17) is 4.74 Å². The Kier molecular flexibility index (Phi) is 5.31. The molecule has 0 radical (unpaired) electrons. The third-order valence-electron chi connectivity index (χ3n) is 6.83. The van der Waals surface area contributed by atoms with E-state index >= 15 is 0 Å². The van der Waals surface area contributed by atoms with Gasteiger partial charge in [0.15, 0.2) is 0 Å². The number of hydrogen-bond donors (Lipinski definition) is 0. The molecule has 0 bridgehead atoms. The highest BCUT2D eigenvalue weighted by molar-refractivity contribution is 6.21. The number of allylic oxidation sites excluding steroid dienone is 4. The molecule has 0 saturated heterocycles. The zero-order chi connectivity index (χ0) is 23.8. The van der Waals surface area contributed by atoms with Crippen LogP contribution in [0.3, 0.4) is 0 Å². The monoisotopic (exact) mass is 450 g/mol. The van der Waals surface area contributed by atoms with Gasteiger partial charge < -0.3 is 4.74 Å². The lowest BCUT2D eigenvalue weighted by Crippen LogP contribution is -2.00. The van der Waals surface area contributed by atoms with Crippen molar-refractivity contribution >= 4 is 21.5 Å². The van der Waals surface area contributed by atoms with E-state index in [0.717, 1.165) is 16.9 Å². The van der Waals surface area contributed by atoms with Crippen molar-refractivity contribution in [3.8, 4) is 28.0 Å². The van der Waals surface area contributed by atoms with Crippen LogP contribution in [0.25, 0.3) is 43.8 Å². The molecule has 5 aromatic carbocycles. The van der Waals surface area contributed by atoms with Crippen LogP contribution in [0.1, 0.15) is 18.4 Å². The minimum absolute atomic E-state index is 0.210. The van der Waals surface area contributed by atoms with E-state index in [-0.39, 0.29) is 5.92 Å². The Morgan fingerprint density at radius 1 is 0.629 bits per heavy atom.